The van der Waals surface area contributed by atoms with Gasteiger partial charge >= 0.3 is 11.9 Å². The number of carbonyl (C=O) groups is 2. The first-order chi connectivity index (χ1) is 15.7. The third-order valence-electron chi connectivity index (χ3n) is 4.43. The number of ether oxygens (including phenoxy) is 2. The summed E-state index contributed by atoms with van der Waals surface area (Å²) in [5.41, 5.74) is 6.33. The van der Waals surface area contributed by atoms with Crippen molar-refractivity contribution in [1.29, 1.82) is 0 Å². The minimum absolute atomic E-state index is 0.00643. The van der Waals surface area contributed by atoms with Gasteiger partial charge in [-0.3, -0.25) is 0 Å². The molecule has 0 fully saturated rings. The van der Waals surface area contributed by atoms with Gasteiger partial charge in [-0.1, -0.05) is 6.08 Å². The standard InChI is InChI=1S/C21H22N4O7S/c1-4-10-23-33(28,29)14-8-6-13(7-9-14)20(26)31-11-15-24-18(22)17-16(21(27)30-5-2)12(3)32-19(17)25-15/h4,6-9,23H,1,5,10-11H2,2-3H3,(H2,22,24,25). The molecular weight excluding hydrogens is 452 g/mol. The molecule has 0 amide bonds. The number of nitrogens with one attached hydrogen (secondary N) is 1. The number of aromatic nitrogens is 2. The van der Waals surface area contributed by atoms with E-state index in [1.165, 1.54) is 30.3 Å². The first-order valence-corrected chi connectivity index (χ1v) is 11.3. The van der Waals surface area contributed by atoms with Crippen LogP contribution < -0.4 is 10.5 Å². The van der Waals surface area contributed by atoms with Gasteiger partial charge in [0.15, 0.2) is 12.4 Å². The maximum atomic E-state index is 12.3. The maximum absolute atomic E-state index is 12.3. The monoisotopic (exact) mass is 474 g/mol. The molecule has 2 heterocycles. The molecule has 0 radical (unpaired) electrons. The van der Waals surface area contributed by atoms with Gasteiger partial charge in [-0.25, -0.2) is 27.7 Å². The molecule has 2 aromatic heterocycles. The summed E-state index contributed by atoms with van der Waals surface area (Å²) in [6.07, 6.45) is 1.41. The fraction of sp³-hybridized carbons (Fsp3) is 0.238. The SMILES string of the molecule is C=CCNS(=O)(=O)c1ccc(C(=O)OCc2nc(N)c3c(C(=O)OCC)c(C)oc3n2)cc1. The number of hydrogen-bond donors (Lipinski definition) is 2. The van der Waals surface area contributed by atoms with Gasteiger partial charge in [-0.05, 0) is 38.1 Å². The fourth-order valence-electron chi connectivity index (χ4n) is 2.93. The van der Waals surface area contributed by atoms with Gasteiger partial charge in [-0.15, -0.1) is 6.58 Å². The summed E-state index contributed by atoms with van der Waals surface area (Å²) >= 11 is 0. The van der Waals surface area contributed by atoms with Crippen molar-refractivity contribution in [2.24, 2.45) is 0 Å². The quantitative estimate of drug-likeness (QED) is 0.347. The zero-order valence-corrected chi connectivity index (χ0v) is 18.8. The summed E-state index contributed by atoms with van der Waals surface area (Å²) in [7, 11) is -3.71. The molecule has 0 aliphatic rings. The first kappa shape index (κ1) is 23.9. The van der Waals surface area contributed by atoms with Gasteiger partial charge in [0, 0.05) is 6.54 Å². The predicted molar refractivity (Wildman–Crippen MR) is 118 cm³/mol. The van der Waals surface area contributed by atoms with Crippen LogP contribution in [0.4, 0.5) is 5.82 Å². The molecule has 1 aromatic carbocycles. The molecule has 0 aliphatic heterocycles. The van der Waals surface area contributed by atoms with E-state index in [-0.39, 0.29) is 64.3 Å². The number of nitrogens with zero attached hydrogens (tertiary/aromatic N) is 2. The molecule has 0 bridgehead atoms. The van der Waals surface area contributed by atoms with Crippen molar-refractivity contribution in [1.82, 2.24) is 14.7 Å². The van der Waals surface area contributed by atoms with E-state index < -0.39 is 22.0 Å². The van der Waals surface area contributed by atoms with Gasteiger partial charge in [0.05, 0.1) is 22.5 Å². The number of esters is 2. The Morgan fingerprint density at radius 1 is 1.18 bits per heavy atom. The molecule has 3 aromatic rings. The van der Waals surface area contributed by atoms with E-state index >= 15 is 0 Å². The Kier molecular flexibility index (Phi) is 7.09. The van der Waals surface area contributed by atoms with Gasteiger partial charge in [0.1, 0.15) is 17.1 Å². The molecule has 0 aliphatic carbocycles. The van der Waals surface area contributed by atoms with Crippen molar-refractivity contribution in [3.63, 3.8) is 0 Å². The van der Waals surface area contributed by atoms with E-state index in [0.717, 1.165) is 0 Å². The van der Waals surface area contributed by atoms with Crippen LogP contribution >= 0.6 is 0 Å². The van der Waals surface area contributed by atoms with Gasteiger partial charge in [0.2, 0.25) is 15.7 Å². The molecule has 0 saturated heterocycles. The third kappa shape index (κ3) is 5.18. The zero-order valence-electron chi connectivity index (χ0n) is 18.0. The van der Waals surface area contributed by atoms with Crippen LogP contribution in [-0.2, 0) is 26.1 Å². The summed E-state index contributed by atoms with van der Waals surface area (Å²) in [5.74, 6) is -1.01. The number of sulfonamides is 1. The van der Waals surface area contributed by atoms with Crippen molar-refractivity contribution in [3.05, 3.63) is 59.6 Å². The van der Waals surface area contributed by atoms with Crippen LogP contribution in [-0.4, -0.2) is 43.5 Å². The van der Waals surface area contributed by atoms with Crippen molar-refractivity contribution >= 4 is 38.9 Å². The molecular formula is C21H22N4O7S. The Morgan fingerprint density at radius 2 is 1.88 bits per heavy atom. The molecule has 0 atom stereocenters. The summed E-state index contributed by atoms with van der Waals surface area (Å²) < 4.78 is 42.2. The van der Waals surface area contributed by atoms with Crippen LogP contribution in [0.25, 0.3) is 11.1 Å². The number of anilines is 1. The summed E-state index contributed by atoms with van der Waals surface area (Å²) in [4.78, 5) is 32.8. The summed E-state index contributed by atoms with van der Waals surface area (Å²) in [6.45, 7) is 6.63. The molecule has 0 spiro atoms. The molecule has 11 nitrogen and oxygen atoms in total. The second-order valence-electron chi connectivity index (χ2n) is 6.70. The number of nitrogen functional groups attached to an aromatic ring is 1. The molecule has 12 heteroatoms. The Morgan fingerprint density at radius 3 is 2.52 bits per heavy atom. The lowest BCUT2D eigenvalue weighted by Gasteiger charge is -2.07. The van der Waals surface area contributed by atoms with Crippen molar-refractivity contribution in [2.75, 3.05) is 18.9 Å². The highest BCUT2D eigenvalue weighted by atomic mass is 32.2. The minimum Gasteiger partial charge on any atom is -0.462 e. The number of hydrogen-bond acceptors (Lipinski definition) is 10. The van der Waals surface area contributed by atoms with E-state index in [9.17, 15) is 18.0 Å². The van der Waals surface area contributed by atoms with E-state index in [1.54, 1.807) is 13.8 Å². The normalized spacial score (nSPS) is 11.3. The van der Waals surface area contributed by atoms with Crippen LogP contribution in [0.1, 0.15) is 39.2 Å². The smallest absolute Gasteiger partial charge is 0.342 e. The zero-order chi connectivity index (χ0) is 24.2. The van der Waals surface area contributed by atoms with Crippen molar-refractivity contribution in [2.45, 2.75) is 25.3 Å². The fourth-order valence-corrected chi connectivity index (χ4v) is 3.93. The van der Waals surface area contributed by atoms with Crippen molar-refractivity contribution in [3.8, 4) is 0 Å². The summed E-state index contributed by atoms with van der Waals surface area (Å²) in [6, 6.07) is 5.21. The van der Waals surface area contributed by atoms with Crippen LogP contribution in [0.15, 0.2) is 46.2 Å². The molecule has 33 heavy (non-hydrogen) atoms. The van der Waals surface area contributed by atoms with E-state index in [1.807, 2.05) is 0 Å². The Balaban J connectivity index is 1.74. The summed E-state index contributed by atoms with van der Waals surface area (Å²) in [5, 5.41) is 0.225. The number of rotatable bonds is 9. The van der Waals surface area contributed by atoms with Crippen LogP contribution in [0.2, 0.25) is 0 Å². The maximum Gasteiger partial charge on any atom is 0.342 e. The number of aryl methyl sites for hydroxylation is 1. The number of carbonyl (C=O) groups excluding carboxylic acids is 2. The van der Waals surface area contributed by atoms with Gasteiger partial charge < -0.3 is 19.6 Å². The average Bonchev–Trinajstić information content (AvgIpc) is 3.12. The molecule has 0 saturated carbocycles. The van der Waals surface area contributed by atoms with E-state index in [4.69, 9.17) is 19.6 Å². The number of nitrogens with two attached hydrogens (primary N) is 1. The van der Waals surface area contributed by atoms with E-state index in [2.05, 4.69) is 21.3 Å². The lowest BCUT2D eigenvalue weighted by atomic mass is 10.2. The highest BCUT2D eigenvalue weighted by Crippen LogP contribution is 2.29. The average molecular weight is 474 g/mol. The Bertz CT molecular complexity index is 1310. The lowest BCUT2D eigenvalue weighted by molar-refractivity contribution is 0.0461. The van der Waals surface area contributed by atoms with Gasteiger partial charge in [0.25, 0.3) is 0 Å². The molecule has 0 unspecified atom stereocenters. The minimum atomic E-state index is -3.71. The highest BCUT2D eigenvalue weighted by molar-refractivity contribution is 7.89. The van der Waals surface area contributed by atoms with Crippen LogP contribution in [0.5, 0.6) is 0 Å². The third-order valence-corrected chi connectivity index (χ3v) is 5.87. The number of benzene rings is 1. The van der Waals surface area contributed by atoms with Crippen LogP contribution in [0, 0.1) is 6.92 Å². The molecule has 3 N–H and O–H groups in total. The topological polar surface area (TPSA) is 164 Å². The molecule has 3 rings (SSSR count). The van der Waals surface area contributed by atoms with Crippen LogP contribution in [0.3, 0.4) is 0 Å². The van der Waals surface area contributed by atoms with E-state index in [0.29, 0.717) is 0 Å². The predicted octanol–water partition coefficient (Wildman–Crippen LogP) is 2.11. The van der Waals surface area contributed by atoms with Crippen molar-refractivity contribution < 1.29 is 31.9 Å². The second-order valence-corrected chi connectivity index (χ2v) is 8.47. The Hall–Kier alpha value is -3.77. The molecule has 174 valence electrons. The Labute approximate surface area is 189 Å². The van der Waals surface area contributed by atoms with Gasteiger partial charge in [-0.2, -0.15) is 4.98 Å². The first-order valence-electron chi connectivity index (χ1n) is 9.78. The lowest BCUT2D eigenvalue weighted by Crippen LogP contribution is -2.23. The number of furan rings is 1. The second kappa shape index (κ2) is 9.79. The number of fused-ring (bicyclic) bond motifs is 1. The largest absolute Gasteiger partial charge is 0.462 e. The highest BCUT2D eigenvalue weighted by Gasteiger charge is 2.24.